The molecule has 0 bridgehead atoms. The predicted molar refractivity (Wildman–Crippen MR) is 88.5 cm³/mol. The van der Waals surface area contributed by atoms with Crippen LogP contribution in [0.3, 0.4) is 0 Å². The molecule has 0 N–H and O–H groups in total. The number of sulfonamides is 1. The third-order valence-electron chi connectivity index (χ3n) is 3.33. The van der Waals surface area contributed by atoms with Crippen LogP contribution in [0.15, 0.2) is 50.2 Å². The highest BCUT2D eigenvalue weighted by molar-refractivity contribution is 7.90. The van der Waals surface area contributed by atoms with Gasteiger partial charge >= 0.3 is 0 Å². The van der Waals surface area contributed by atoms with E-state index in [2.05, 4.69) is 4.40 Å². The summed E-state index contributed by atoms with van der Waals surface area (Å²) in [6, 6.07) is 7.68. The molecule has 2 atom stereocenters. The minimum atomic E-state index is -3.98. The average Bonchev–Trinajstić information content (AvgIpc) is 2.49. The van der Waals surface area contributed by atoms with Crippen molar-refractivity contribution in [3.63, 3.8) is 0 Å². The van der Waals surface area contributed by atoms with Gasteiger partial charge in [0.05, 0.1) is 15.6 Å². The number of allylic oxidation sites excluding steroid dienone is 2. The van der Waals surface area contributed by atoms with Gasteiger partial charge in [0, 0.05) is 0 Å². The Kier molecular flexibility index (Phi) is 4.74. The molecule has 1 aromatic rings. The standard InChI is InChI=1S/C14H12Cl3NO3S/c1-8-10(15)13(19)14(2,17)12(16)11(8)18-22(20,21)9-6-4-3-5-7-9/h3-7,12H,1-2H3/t12-,14+/m1/s1. The van der Waals surface area contributed by atoms with Gasteiger partial charge in [-0.3, -0.25) is 4.79 Å². The van der Waals surface area contributed by atoms with E-state index < -0.39 is 26.1 Å². The number of Topliss-reactive ketones (excluding diaryl/α,β-unsaturated/α-hetero) is 1. The van der Waals surface area contributed by atoms with Gasteiger partial charge in [-0.25, -0.2) is 0 Å². The first-order valence-electron chi connectivity index (χ1n) is 6.23. The van der Waals surface area contributed by atoms with E-state index >= 15 is 0 Å². The van der Waals surface area contributed by atoms with Gasteiger partial charge in [0.2, 0.25) is 0 Å². The van der Waals surface area contributed by atoms with Crippen LogP contribution in [0.1, 0.15) is 13.8 Å². The summed E-state index contributed by atoms with van der Waals surface area (Å²) in [5.74, 6) is -0.551. The van der Waals surface area contributed by atoms with Crippen molar-refractivity contribution in [2.75, 3.05) is 0 Å². The number of halogens is 3. The normalized spacial score (nSPS) is 28.3. The molecule has 0 aromatic heterocycles. The molecule has 0 saturated carbocycles. The summed E-state index contributed by atoms with van der Waals surface area (Å²) in [5, 5.41) is -1.26. The van der Waals surface area contributed by atoms with Crippen molar-refractivity contribution >= 4 is 56.3 Å². The summed E-state index contributed by atoms with van der Waals surface area (Å²) in [5.41, 5.74) is 0.192. The Morgan fingerprint density at radius 3 is 2.32 bits per heavy atom. The number of hydrogen-bond acceptors (Lipinski definition) is 3. The molecule has 22 heavy (non-hydrogen) atoms. The highest BCUT2D eigenvalue weighted by Gasteiger charge is 2.48. The third kappa shape index (κ3) is 2.95. The van der Waals surface area contributed by atoms with Crippen LogP contribution in [0.5, 0.6) is 0 Å². The molecule has 0 heterocycles. The number of carbonyl (C=O) groups is 1. The molecule has 1 aliphatic carbocycles. The van der Waals surface area contributed by atoms with Gasteiger partial charge in [0.1, 0.15) is 10.3 Å². The zero-order valence-corrected chi connectivity index (χ0v) is 14.8. The molecule has 2 rings (SSSR count). The summed E-state index contributed by atoms with van der Waals surface area (Å²) < 4.78 is 28.5. The highest BCUT2D eigenvalue weighted by Crippen LogP contribution is 2.38. The van der Waals surface area contributed by atoms with E-state index in [1.807, 2.05) is 0 Å². The van der Waals surface area contributed by atoms with Gasteiger partial charge in [-0.15, -0.1) is 23.2 Å². The minimum absolute atomic E-state index is 0.0171. The molecule has 1 aliphatic rings. The van der Waals surface area contributed by atoms with Crippen LogP contribution in [-0.2, 0) is 14.8 Å². The van der Waals surface area contributed by atoms with E-state index in [0.29, 0.717) is 0 Å². The van der Waals surface area contributed by atoms with Crippen LogP contribution in [0.4, 0.5) is 0 Å². The number of carbonyl (C=O) groups excluding carboxylic acids is 1. The van der Waals surface area contributed by atoms with Gasteiger partial charge in [-0.2, -0.15) is 12.8 Å². The molecule has 0 aliphatic heterocycles. The quantitative estimate of drug-likeness (QED) is 0.737. The van der Waals surface area contributed by atoms with Crippen molar-refractivity contribution in [3.8, 4) is 0 Å². The zero-order chi connectivity index (χ0) is 16.7. The lowest BCUT2D eigenvalue weighted by Gasteiger charge is -2.32. The largest absolute Gasteiger partial charge is 0.291 e. The molecule has 1 aromatic carbocycles. The molecular formula is C14H12Cl3NO3S. The number of ketones is 1. The second-order valence-electron chi connectivity index (χ2n) is 4.97. The van der Waals surface area contributed by atoms with E-state index in [0.717, 1.165) is 0 Å². The van der Waals surface area contributed by atoms with Crippen LogP contribution in [0.2, 0.25) is 0 Å². The molecule has 118 valence electrons. The van der Waals surface area contributed by atoms with Crippen molar-refractivity contribution in [3.05, 3.63) is 40.9 Å². The van der Waals surface area contributed by atoms with Crippen LogP contribution < -0.4 is 0 Å². The number of nitrogens with zero attached hydrogens (tertiary/aromatic N) is 1. The second-order valence-corrected chi connectivity index (χ2v) is 8.17. The summed E-state index contributed by atoms with van der Waals surface area (Å²) in [7, 11) is -3.98. The van der Waals surface area contributed by atoms with Gasteiger partial charge in [-0.05, 0) is 31.6 Å². The molecule has 8 heteroatoms. The Morgan fingerprint density at radius 2 is 1.77 bits per heavy atom. The predicted octanol–water partition coefficient (Wildman–Crippen LogP) is 3.52. The van der Waals surface area contributed by atoms with Gasteiger partial charge in [0.15, 0.2) is 5.78 Å². The molecule has 0 saturated heterocycles. The first-order chi connectivity index (χ1) is 10.1. The van der Waals surface area contributed by atoms with Crippen LogP contribution in [0.25, 0.3) is 0 Å². The van der Waals surface area contributed by atoms with Crippen molar-refractivity contribution < 1.29 is 13.2 Å². The Labute approximate surface area is 143 Å². The van der Waals surface area contributed by atoms with Crippen molar-refractivity contribution in [1.82, 2.24) is 0 Å². The molecule has 4 nitrogen and oxygen atoms in total. The van der Waals surface area contributed by atoms with Crippen molar-refractivity contribution in [1.29, 1.82) is 0 Å². The zero-order valence-electron chi connectivity index (χ0n) is 11.7. The Morgan fingerprint density at radius 1 is 1.23 bits per heavy atom. The van der Waals surface area contributed by atoms with Crippen LogP contribution in [0, 0.1) is 0 Å². The number of rotatable bonds is 2. The first kappa shape index (κ1) is 17.5. The maximum atomic E-state index is 12.4. The lowest BCUT2D eigenvalue weighted by molar-refractivity contribution is -0.117. The van der Waals surface area contributed by atoms with Gasteiger partial charge < -0.3 is 0 Å². The van der Waals surface area contributed by atoms with E-state index in [1.165, 1.54) is 26.0 Å². The Balaban J connectivity index is 2.63. The highest BCUT2D eigenvalue weighted by atomic mass is 35.5. The van der Waals surface area contributed by atoms with Crippen LogP contribution in [-0.4, -0.2) is 30.2 Å². The summed E-state index contributed by atoms with van der Waals surface area (Å²) in [4.78, 5) is 10.5. The summed E-state index contributed by atoms with van der Waals surface area (Å²) in [6.07, 6.45) is 0. The number of benzene rings is 1. The van der Waals surface area contributed by atoms with E-state index in [1.54, 1.807) is 18.2 Å². The fourth-order valence-electron chi connectivity index (χ4n) is 1.95. The molecule has 0 spiro atoms. The fraction of sp³-hybridized carbons (Fsp3) is 0.286. The fourth-order valence-corrected chi connectivity index (χ4v) is 3.97. The van der Waals surface area contributed by atoms with Crippen molar-refractivity contribution in [2.45, 2.75) is 29.0 Å². The average molecular weight is 381 g/mol. The Bertz CT molecular complexity index is 783. The van der Waals surface area contributed by atoms with Crippen LogP contribution >= 0.6 is 34.8 Å². The summed E-state index contributed by atoms with van der Waals surface area (Å²) >= 11 is 18.3. The molecule has 0 fully saturated rings. The third-order valence-corrected chi connectivity index (χ3v) is 6.24. The smallest absolute Gasteiger partial charge is 0.282 e. The topological polar surface area (TPSA) is 63.6 Å². The van der Waals surface area contributed by atoms with E-state index in [-0.39, 0.29) is 21.2 Å². The molecular weight excluding hydrogens is 369 g/mol. The first-order valence-corrected chi connectivity index (χ1v) is 8.86. The molecule has 0 amide bonds. The number of hydrogen-bond donors (Lipinski definition) is 0. The monoisotopic (exact) mass is 379 g/mol. The van der Waals surface area contributed by atoms with E-state index in [9.17, 15) is 13.2 Å². The molecule has 0 radical (unpaired) electrons. The van der Waals surface area contributed by atoms with Gasteiger partial charge in [-0.1, -0.05) is 29.8 Å². The maximum absolute atomic E-state index is 12.4. The number of alkyl halides is 2. The Hall–Kier alpha value is -0.880. The van der Waals surface area contributed by atoms with Gasteiger partial charge in [0.25, 0.3) is 10.0 Å². The molecule has 0 unspecified atom stereocenters. The maximum Gasteiger partial charge on any atom is 0.282 e. The lowest BCUT2D eigenvalue weighted by atomic mass is 9.87. The SMILES string of the molecule is CC1=C(Cl)C(=O)[C@@](C)(Cl)[C@H](Cl)C1=NS(=O)(=O)c1ccccc1. The minimum Gasteiger partial charge on any atom is -0.291 e. The van der Waals surface area contributed by atoms with E-state index in [4.69, 9.17) is 34.8 Å². The van der Waals surface area contributed by atoms with Crippen molar-refractivity contribution in [2.24, 2.45) is 4.40 Å². The summed E-state index contributed by atoms with van der Waals surface area (Å²) in [6.45, 7) is 2.87. The second kappa shape index (κ2) is 5.96. The lowest BCUT2D eigenvalue weighted by Crippen LogP contribution is -2.48.